The van der Waals surface area contributed by atoms with Crippen molar-refractivity contribution in [3.8, 4) is 6.07 Å². The zero-order chi connectivity index (χ0) is 29.5. The Labute approximate surface area is 232 Å². The molecule has 12 heteroatoms. The largest absolute Gasteiger partial charge is 0.436 e. The summed E-state index contributed by atoms with van der Waals surface area (Å²) in [5.41, 5.74) is 0.443. The molecule has 5 rings (SSSR count). The van der Waals surface area contributed by atoms with Crippen molar-refractivity contribution in [1.82, 2.24) is 14.8 Å². The number of ether oxygens (including phenoxy) is 1. The van der Waals surface area contributed by atoms with Crippen LogP contribution in [0.5, 0.6) is 0 Å². The van der Waals surface area contributed by atoms with E-state index in [1.165, 1.54) is 18.3 Å². The van der Waals surface area contributed by atoms with Crippen LogP contribution in [0.15, 0.2) is 60.3 Å². The summed E-state index contributed by atoms with van der Waals surface area (Å²) in [6.07, 6.45) is -0.305. The number of allylic oxidation sites excluding steroid dienone is 3. The molecule has 2 unspecified atom stereocenters. The molecule has 2 aromatic rings. The molecule has 1 aliphatic heterocycles. The van der Waals surface area contributed by atoms with E-state index in [0.29, 0.717) is 28.0 Å². The monoisotopic (exact) mass is 568 g/mol. The summed E-state index contributed by atoms with van der Waals surface area (Å²) < 4.78 is 60.0. The van der Waals surface area contributed by atoms with Crippen LogP contribution in [0.25, 0.3) is 5.57 Å². The Morgan fingerprint density at radius 1 is 1.24 bits per heavy atom. The number of nitriles is 1. The molecule has 1 saturated heterocycles. The lowest BCUT2D eigenvalue weighted by Crippen LogP contribution is -2.50. The van der Waals surface area contributed by atoms with Gasteiger partial charge in [0.25, 0.3) is 0 Å². The number of carbonyl (C=O) groups is 3. The molecule has 41 heavy (non-hydrogen) atoms. The van der Waals surface area contributed by atoms with E-state index in [1.807, 2.05) is 6.07 Å². The quantitative estimate of drug-likeness (QED) is 0.474. The highest BCUT2D eigenvalue weighted by Crippen LogP contribution is 2.49. The Bertz CT molecular complexity index is 1510. The predicted molar refractivity (Wildman–Crippen MR) is 136 cm³/mol. The maximum atomic E-state index is 13.7. The third kappa shape index (κ3) is 5.19. The minimum absolute atomic E-state index is 0.104. The molecular formula is C29H24F4N4O4. The number of halogens is 4. The topological polar surface area (TPSA) is 104 Å². The van der Waals surface area contributed by atoms with Gasteiger partial charge < -0.3 is 9.64 Å². The van der Waals surface area contributed by atoms with Crippen LogP contribution in [0.4, 0.5) is 22.4 Å². The molecule has 1 aromatic heterocycles. The van der Waals surface area contributed by atoms with Crippen LogP contribution >= 0.6 is 0 Å². The number of carbonyl (C=O) groups excluding carboxylic acids is 3. The molecule has 212 valence electrons. The van der Waals surface area contributed by atoms with Crippen molar-refractivity contribution in [1.29, 1.82) is 5.26 Å². The molecule has 3 aliphatic rings. The smallest absolute Gasteiger partial charge is 0.411 e. The van der Waals surface area contributed by atoms with Gasteiger partial charge in [0.05, 0.1) is 6.54 Å². The van der Waals surface area contributed by atoms with E-state index in [4.69, 9.17) is 4.74 Å². The first kappa shape index (κ1) is 28.0. The second kappa shape index (κ2) is 10.5. The van der Waals surface area contributed by atoms with Crippen LogP contribution in [0, 0.1) is 23.1 Å². The molecule has 3 atom stereocenters. The number of nitrogens with zero attached hydrogens (tertiary/aromatic N) is 4. The first-order valence-electron chi connectivity index (χ1n) is 12.8. The summed E-state index contributed by atoms with van der Waals surface area (Å²) in [7, 11) is 0. The highest BCUT2D eigenvalue weighted by molar-refractivity contribution is 6.24. The van der Waals surface area contributed by atoms with E-state index in [2.05, 4.69) is 4.98 Å². The number of benzene rings is 1. The summed E-state index contributed by atoms with van der Waals surface area (Å²) in [5, 5.41) is 9.39. The van der Waals surface area contributed by atoms with Crippen molar-refractivity contribution in [2.45, 2.75) is 44.1 Å². The number of fused-ring (bicyclic) bond motifs is 2. The van der Waals surface area contributed by atoms with Crippen LogP contribution in [0.1, 0.15) is 36.6 Å². The first-order valence-corrected chi connectivity index (χ1v) is 12.8. The first-order chi connectivity index (χ1) is 19.4. The summed E-state index contributed by atoms with van der Waals surface area (Å²) in [6, 6.07) is 7.79. The Morgan fingerprint density at radius 2 is 1.98 bits per heavy atom. The van der Waals surface area contributed by atoms with Crippen molar-refractivity contribution >= 4 is 23.4 Å². The van der Waals surface area contributed by atoms with E-state index in [1.54, 1.807) is 24.3 Å². The molecule has 0 bridgehead atoms. The lowest BCUT2D eigenvalue weighted by molar-refractivity contribution is -0.187. The summed E-state index contributed by atoms with van der Waals surface area (Å²) >= 11 is 0. The van der Waals surface area contributed by atoms with Gasteiger partial charge in [-0.2, -0.15) is 18.4 Å². The Morgan fingerprint density at radius 3 is 2.66 bits per heavy atom. The van der Waals surface area contributed by atoms with Crippen LogP contribution in [-0.2, 0) is 20.9 Å². The summed E-state index contributed by atoms with van der Waals surface area (Å²) in [6.45, 7) is -0.384. The standard InChI is InChI=1S/C29H24F4N4O4/c1-17(29(31,32)33)37(14-18-4-6-19(30)7-5-18)25(38)15-36-16-28(41-27(36)40)11-10-22-23(28)9-8-21(26(22)39)20-3-2-12-35-24(20)13-34/h2-9,12,17,22H,10-11,14-16H2,1H3/t17?,22?,28-/m0/s1. The highest BCUT2D eigenvalue weighted by Gasteiger charge is 2.56. The molecule has 1 spiro atoms. The van der Waals surface area contributed by atoms with Gasteiger partial charge in [0.15, 0.2) is 11.4 Å². The number of hydrogen-bond donors (Lipinski definition) is 0. The molecule has 0 radical (unpaired) electrons. The average molecular weight is 569 g/mol. The zero-order valence-corrected chi connectivity index (χ0v) is 21.8. The second-order valence-electron chi connectivity index (χ2n) is 10.3. The van der Waals surface area contributed by atoms with E-state index in [9.17, 15) is 37.2 Å². The lowest BCUT2D eigenvalue weighted by Gasteiger charge is -2.32. The number of ketones is 1. The fraction of sp³-hybridized carbons (Fsp3) is 0.345. The number of Topliss-reactive ketones (excluding diaryl/α,β-unsaturated/α-hetero) is 1. The SMILES string of the molecule is CC(N(Cc1ccc(F)cc1)C(=O)CN1C[C@]2(CCC3C(=O)C(c4cccnc4C#N)=CC=C32)OC1=O)C(F)(F)F. The molecule has 2 aliphatic carbocycles. The van der Waals surface area contributed by atoms with Gasteiger partial charge in [-0.1, -0.05) is 24.3 Å². The number of amides is 2. The number of hydrogen-bond acceptors (Lipinski definition) is 6. The third-order valence-corrected chi connectivity index (χ3v) is 7.79. The maximum absolute atomic E-state index is 13.7. The zero-order valence-electron chi connectivity index (χ0n) is 21.8. The number of alkyl halides is 3. The number of rotatable bonds is 6. The van der Waals surface area contributed by atoms with Crippen LogP contribution in [0.3, 0.4) is 0 Å². The molecular weight excluding hydrogens is 544 g/mol. The summed E-state index contributed by atoms with van der Waals surface area (Å²) in [4.78, 5) is 45.1. The lowest BCUT2D eigenvalue weighted by atomic mass is 9.81. The molecule has 2 heterocycles. The predicted octanol–water partition coefficient (Wildman–Crippen LogP) is 4.57. The van der Waals surface area contributed by atoms with Crippen LogP contribution < -0.4 is 0 Å². The normalized spacial score (nSPS) is 22.5. The van der Waals surface area contributed by atoms with Crippen molar-refractivity contribution in [3.05, 3.63) is 83.0 Å². The van der Waals surface area contributed by atoms with Gasteiger partial charge in [0.2, 0.25) is 5.91 Å². The molecule has 1 aromatic carbocycles. The van der Waals surface area contributed by atoms with Crippen LogP contribution in [-0.4, -0.2) is 63.5 Å². The van der Waals surface area contributed by atoms with Gasteiger partial charge in [0, 0.05) is 29.8 Å². The van der Waals surface area contributed by atoms with Crippen molar-refractivity contribution in [3.63, 3.8) is 0 Å². The van der Waals surface area contributed by atoms with Gasteiger partial charge in [-0.15, -0.1) is 0 Å². The average Bonchev–Trinajstić information content (AvgIpc) is 3.46. The van der Waals surface area contributed by atoms with Crippen LogP contribution in [0.2, 0.25) is 0 Å². The van der Waals surface area contributed by atoms with Crippen molar-refractivity contribution in [2.24, 2.45) is 5.92 Å². The van der Waals surface area contributed by atoms with Crippen molar-refractivity contribution < 1.29 is 36.7 Å². The van der Waals surface area contributed by atoms with E-state index in [-0.39, 0.29) is 30.0 Å². The molecule has 8 nitrogen and oxygen atoms in total. The minimum Gasteiger partial charge on any atom is -0.436 e. The minimum atomic E-state index is -4.74. The van der Waals surface area contributed by atoms with Gasteiger partial charge >= 0.3 is 12.3 Å². The van der Waals surface area contributed by atoms with E-state index in [0.717, 1.165) is 24.0 Å². The number of pyridine rings is 1. The third-order valence-electron chi connectivity index (χ3n) is 7.79. The maximum Gasteiger partial charge on any atom is 0.411 e. The van der Waals surface area contributed by atoms with E-state index < -0.39 is 54.6 Å². The molecule has 0 N–H and O–H groups in total. The summed E-state index contributed by atoms with van der Waals surface area (Å²) in [5.74, 6) is -2.40. The van der Waals surface area contributed by atoms with E-state index >= 15 is 0 Å². The van der Waals surface area contributed by atoms with Gasteiger partial charge in [-0.25, -0.2) is 14.2 Å². The molecule has 2 fully saturated rings. The van der Waals surface area contributed by atoms with Gasteiger partial charge in [-0.3, -0.25) is 14.5 Å². The number of aromatic nitrogens is 1. The van der Waals surface area contributed by atoms with Gasteiger partial charge in [-0.05, 0) is 55.2 Å². The Kier molecular flexibility index (Phi) is 7.15. The Balaban J connectivity index is 1.37. The Hall–Kier alpha value is -4.53. The highest BCUT2D eigenvalue weighted by atomic mass is 19.4. The fourth-order valence-corrected chi connectivity index (χ4v) is 5.61. The second-order valence-corrected chi connectivity index (χ2v) is 10.3. The fourth-order valence-electron chi connectivity index (χ4n) is 5.61. The molecule has 1 saturated carbocycles. The van der Waals surface area contributed by atoms with Gasteiger partial charge in [0.1, 0.15) is 30.2 Å². The molecule has 2 amide bonds. The van der Waals surface area contributed by atoms with Crippen molar-refractivity contribution in [2.75, 3.05) is 13.1 Å².